The molecule has 2 aromatic carbocycles. The SMILES string of the molecule is O=C(CN1CCC(C(=O)c2ccccc2)CC1)NCCc1ccc(Cl)cc1. The third-order valence-corrected chi connectivity index (χ3v) is 5.28. The topological polar surface area (TPSA) is 49.4 Å². The highest BCUT2D eigenvalue weighted by atomic mass is 35.5. The molecule has 0 saturated carbocycles. The van der Waals surface area contributed by atoms with Crippen molar-refractivity contribution in [2.45, 2.75) is 19.3 Å². The van der Waals surface area contributed by atoms with Gasteiger partial charge in [0.1, 0.15) is 0 Å². The number of Topliss-reactive ketones (excluding diaryl/α,β-unsaturated/α-hetero) is 1. The van der Waals surface area contributed by atoms with Crippen LogP contribution < -0.4 is 5.32 Å². The lowest BCUT2D eigenvalue weighted by Crippen LogP contribution is -2.43. The minimum absolute atomic E-state index is 0.0387. The quantitative estimate of drug-likeness (QED) is 0.742. The van der Waals surface area contributed by atoms with Gasteiger partial charge in [0.05, 0.1) is 6.54 Å². The minimum Gasteiger partial charge on any atom is -0.355 e. The molecule has 0 spiro atoms. The molecule has 1 saturated heterocycles. The van der Waals surface area contributed by atoms with E-state index in [2.05, 4.69) is 10.2 Å². The molecular formula is C22H25ClN2O2. The van der Waals surface area contributed by atoms with Gasteiger partial charge >= 0.3 is 0 Å². The van der Waals surface area contributed by atoms with Crippen molar-refractivity contribution in [3.8, 4) is 0 Å². The Morgan fingerprint density at radius 3 is 2.33 bits per heavy atom. The van der Waals surface area contributed by atoms with E-state index in [1.165, 1.54) is 0 Å². The van der Waals surface area contributed by atoms with E-state index in [0.717, 1.165) is 48.5 Å². The molecule has 0 radical (unpaired) electrons. The zero-order valence-corrected chi connectivity index (χ0v) is 16.1. The van der Waals surface area contributed by atoms with Gasteiger partial charge in [0.2, 0.25) is 5.91 Å². The van der Waals surface area contributed by atoms with Gasteiger partial charge in [-0.2, -0.15) is 0 Å². The van der Waals surface area contributed by atoms with E-state index in [1.54, 1.807) is 0 Å². The summed E-state index contributed by atoms with van der Waals surface area (Å²) in [7, 11) is 0. The Balaban J connectivity index is 1.36. The van der Waals surface area contributed by atoms with Crippen LogP contribution in [0.1, 0.15) is 28.8 Å². The molecule has 1 aliphatic rings. The lowest BCUT2D eigenvalue weighted by atomic mass is 9.89. The van der Waals surface area contributed by atoms with Crippen molar-refractivity contribution in [2.75, 3.05) is 26.2 Å². The van der Waals surface area contributed by atoms with Crippen LogP contribution in [-0.4, -0.2) is 42.8 Å². The molecule has 0 atom stereocenters. The minimum atomic E-state index is 0.0387. The fourth-order valence-corrected chi connectivity index (χ4v) is 3.57. The number of halogens is 1. The predicted molar refractivity (Wildman–Crippen MR) is 108 cm³/mol. The molecule has 0 unspecified atom stereocenters. The molecule has 3 rings (SSSR count). The number of benzene rings is 2. The van der Waals surface area contributed by atoms with E-state index < -0.39 is 0 Å². The maximum atomic E-state index is 12.5. The van der Waals surface area contributed by atoms with Gasteiger partial charge in [-0.05, 0) is 50.0 Å². The van der Waals surface area contributed by atoms with Crippen LogP contribution in [0.5, 0.6) is 0 Å². The summed E-state index contributed by atoms with van der Waals surface area (Å²) in [6.07, 6.45) is 2.41. The maximum absolute atomic E-state index is 12.5. The lowest BCUT2D eigenvalue weighted by Gasteiger charge is -2.30. The summed E-state index contributed by atoms with van der Waals surface area (Å²) in [6.45, 7) is 2.58. The van der Waals surface area contributed by atoms with Gasteiger partial charge < -0.3 is 5.32 Å². The van der Waals surface area contributed by atoms with Crippen LogP contribution in [0.3, 0.4) is 0 Å². The highest BCUT2D eigenvalue weighted by molar-refractivity contribution is 6.30. The Kier molecular flexibility index (Phi) is 7.02. The number of rotatable bonds is 7. The van der Waals surface area contributed by atoms with Gasteiger partial charge in [-0.25, -0.2) is 0 Å². The first-order valence-electron chi connectivity index (χ1n) is 9.44. The number of ketones is 1. The second kappa shape index (κ2) is 9.67. The molecule has 0 bridgehead atoms. The summed E-state index contributed by atoms with van der Waals surface area (Å²) in [4.78, 5) is 26.8. The molecule has 1 fully saturated rings. The predicted octanol–water partition coefficient (Wildman–Crippen LogP) is 3.59. The first kappa shape index (κ1) is 19.6. The number of carbonyl (C=O) groups excluding carboxylic acids is 2. The van der Waals surface area contributed by atoms with Gasteiger partial charge in [0.15, 0.2) is 5.78 Å². The summed E-state index contributed by atoms with van der Waals surface area (Å²) in [5.74, 6) is 0.330. The summed E-state index contributed by atoms with van der Waals surface area (Å²) in [5, 5.41) is 3.69. The number of carbonyl (C=O) groups is 2. The molecule has 4 nitrogen and oxygen atoms in total. The van der Waals surface area contributed by atoms with E-state index in [9.17, 15) is 9.59 Å². The van der Waals surface area contributed by atoms with Crippen molar-refractivity contribution in [1.29, 1.82) is 0 Å². The summed E-state index contributed by atoms with van der Waals surface area (Å²) < 4.78 is 0. The van der Waals surface area contributed by atoms with Crippen molar-refractivity contribution >= 4 is 23.3 Å². The van der Waals surface area contributed by atoms with E-state index in [4.69, 9.17) is 11.6 Å². The monoisotopic (exact) mass is 384 g/mol. The molecule has 1 aliphatic heterocycles. The molecule has 5 heteroatoms. The van der Waals surface area contributed by atoms with Crippen LogP contribution in [0.25, 0.3) is 0 Å². The number of piperidine rings is 1. The van der Waals surface area contributed by atoms with Gasteiger partial charge in [0, 0.05) is 23.0 Å². The van der Waals surface area contributed by atoms with Crippen LogP contribution in [-0.2, 0) is 11.2 Å². The van der Waals surface area contributed by atoms with E-state index in [0.29, 0.717) is 13.1 Å². The van der Waals surface area contributed by atoms with Crippen LogP contribution >= 0.6 is 11.6 Å². The fraction of sp³-hybridized carbons (Fsp3) is 0.364. The van der Waals surface area contributed by atoms with Crippen LogP contribution in [0.2, 0.25) is 5.02 Å². The second-order valence-corrected chi connectivity index (χ2v) is 7.44. The summed E-state index contributed by atoms with van der Waals surface area (Å²) >= 11 is 5.87. The van der Waals surface area contributed by atoms with Gasteiger partial charge in [-0.15, -0.1) is 0 Å². The Hall–Kier alpha value is -2.17. The fourth-order valence-electron chi connectivity index (χ4n) is 3.45. The van der Waals surface area contributed by atoms with Crippen molar-refractivity contribution in [3.05, 3.63) is 70.7 Å². The number of hydrogen-bond acceptors (Lipinski definition) is 3. The van der Waals surface area contributed by atoms with Crippen LogP contribution in [0.4, 0.5) is 0 Å². The zero-order valence-electron chi connectivity index (χ0n) is 15.4. The van der Waals surface area contributed by atoms with Crippen LogP contribution in [0.15, 0.2) is 54.6 Å². The normalized spacial score (nSPS) is 15.4. The molecule has 142 valence electrons. The van der Waals surface area contributed by atoms with Gasteiger partial charge in [-0.1, -0.05) is 54.1 Å². The highest BCUT2D eigenvalue weighted by Crippen LogP contribution is 2.21. The first-order valence-corrected chi connectivity index (χ1v) is 9.82. The van der Waals surface area contributed by atoms with E-state index >= 15 is 0 Å². The average molecular weight is 385 g/mol. The van der Waals surface area contributed by atoms with Crippen molar-refractivity contribution in [1.82, 2.24) is 10.2 Å². The van der Waals surface area contributed by atoms with Gasteiger partial charge in [-0.3, -0.25) is 14.5 Å². The van der Waals surface area contributed by atoms with E-state index in [1.807, 2.05) is 54.6 Å². The van der Waals surface area contributed by atoms with Crippen molar-refractivity contribution < 1.29 is 9.59 Å². The molecular weight excluding hydrogens is 360 g/mol. The Bertz CT molecular complexity index is 754. The number of amides is 1. The standard InChI is InChI=1S/C22H25ClN2O2/c23-20-8-6-17(7-9-20)10-13-24-21(26)16-25-14-11-19(12-15-25)22(27)18-4-2-1-3-5-18/h1-9,19H,10-16H2,(H,24,26). The Morgan fingerprint density at radius 2 is 1.67 bits per heavy atom. The average Bonchev–Trinajstić information content (AvgIpc) is 2.70. The number of nitrogens with zero attached hydrogens (tertiary/aromatic N) is 1. The van der Waals surface area contributed by atoms with E-state index in [-0.39, 0.29) is 17.6 Å². The molecule has 1 heterocycles. The number of nitrogens with one attached hydrogen (secondary N) is 1. The summed E-state index contributed by atoms with van der Waals surface area (Å²) in [6, 6.07) is 17.1. The van der Waals surface area contributed by atoms with Crippen molar-refractivity contribution in [3.63, 3.8) is 0 Å². The Morgan fingerprint density at radius 1 is 1.00 bits per heavy atom. The Labute approximate surface area is 165 Å². The highest BCUT2D eigenvalue weighted by Gasteiger charge is 2.26. The number of likely N-dealkylation sites (tertiary alicyclic amines) is 1. The summed E-state index contributed by atoms with van der Waals surface area (Å²) in [5.41, 5.74) is 1.94. The third-order valence-electron chi connectivity index (χ3n) is 5.03. The maximum Gasteiger partial charge on any atom is 0.234 e. The first-order chi connectivity index (χ1) is 13.1. The molecule has 0 aromatic heterocycles. The second-order valence-electron chi connectivity index (χ2n) is 7.01. The largest absolute Gasteiger partial charge is 0.355 e. The molecule has 1 amide bonds. The lowest BCUT2D eigenvalue weighted by molar-refractivity contribution is -0.122. The third kappa shape index (κ3) is 5.91. The molecule has 1 N–H and O–H groups in total. The zero-order chi connectivity index (χ0) is 19.1. The van der Waals surface area contributed by atoms with Crippen molar-refractivity contribution in [2.24, 2.45) is 5.92 Å². The van der Waals surface area contributed by atoms with Crippen LogP contribution in [0, 0.1) is 5.92 Å². The molecule has 0 aliphatic carbocycles. The molecule has 27 heavy (non-hydrogen) atoms. The van der Waals surface area contributed by atoms with Gasteiger partial charge in [0.25, 0.3) is 0 Å². The number of hydrogen-bond donors (Lipinski definition) is 1. The smallest absolute Gasteiger partial charge is 0.234 e. The molecule has 2 aromatic rings.